The fraction of sp³-hybridized carbons (Fsp3) is 0.353. The Morgan fingerprint density at radius 1 is 1.11 bits per heavy atom. The predicted octanol–water partition coefficient (Wildman–Crippen LogP) is 3.69. The maximum absolute atomic E-state index is 12.1. The quantitative estimate of drug-likeness (QED) is 0.887. The van der Waals surface area contributed by atoms with Crippen molar-refractivity contribution in [2.24, 2.45) is 0 Å². The molecule has 2 nitrogen and oxygen atoms in total. The summed E-state index contributed by atoms with van der Waals surface area (Å²) < 4.78 is 0. The number of hydrogen-bond donors (Lipinski definition) is 1. The number of carbonyl (C=O) groups excluding carboxylic acids is 1. The van der Waals surface area contributed by atoms with E-state index in [1.165, 1.54) is 5.39 Å². The largest absolute Gasteiger partial charge is 0.351 e. The molecule has 0 heterocycles. The molecule has 2 heteroatoms. The van der Waals surface area contributed by atoms with Crippen LogP contribution in [0.5, 0.6) is 0 Å². The van der Waals surface area contributed by atoms with E-state index in [-0.39, 0.29) is 11.4 Å². The van der Waals surface area contributed by atoms with E-state index >= 15 is 0 Å². The zero-order valence-corrected chi connectivity index (χ0v) is 11.9. The first-order chi connectivity index (χ1) is 9.02. The van der Waals surface area contributed by atoms with Crippen molar-refractivity contribution >= 4 is 16.7 Å². The lowest BCUT2D eigenvalue weighted by Gasteiger charge is -2.24. The molecule has 0 aliphatic carbocycles. The van der Waals surface area contributed by atoms with Crippen molar-refractivity contribution < 1.29 is 4.79 Å². The van der Waals surface area contributed by atoms with Crippen LogP contribution in [0.15, 0.2) is 42.5 Å². The molecule has 0 unspecified atom stereocenters. The predicted molar refractivity (Wildman–Crippen MR) is 80.2 cm³/mol. The SMILES string of the molecule is CCC(C)(C)NC(=O)Cc1cccc2ccccc12. The molecule has 0 spiro atoms. The minimum absolute atomic E-state index is 0.0863. The molecule has 2 aromatic carbocycles. The number of hydrogen-bond acceptors (Lipinski definition) is 1. The van der Waals surface area contributed by atoms with Gasteiger partial charge in [-0.15, -0.1) is 0 Å². The van der Waals surface area contributed by atoms with Crippen LogP contribution in [-0.2, 0) is 11.2 Å². The lowest BCUT2D eigenvalue weighted by molar-refractivity contribution is -0.122. The summed E-state index contributed by atoms with van der Waals surface area (Å²) in [5, 5.41) is 5.42. The third-order valence-corrected chi connectivity index (χ3v) is 3.59. The summed E-state index contributed by atoms with van der Waals surface area (Å²) in [6.07, 6.45) is 1.36. The number of fused-ring (bicyclic) bond motifs is 1. The van der Waals surface area contributed by atoms with E-state index in [0.717, 1.165) is 17.4 Å². The van der Waals surface area contributed by atoms with E-state index in [2.05, 4.69) is 30.4 Å². The summed E-state index contributed by atoms with van der Waals surface area (Å²) in [6, 6.07) is 14.3. The molecule has 0 atom stereocenters. The summed E-state index contributed by atoms with van der Waals surface area (Å²) in [7, 11) is 0. The molecule has 0 aliphatic rings. The Kier molecular flexibility index (Phi) is 3.89. The van der Waals surface area contributed by atoms with Gasteiger partial charge >= 0.3 is 0 Å². The van der Waals surface area contributed by atoms with Gasteiger partial charge < -0.3 is 5.32 Å². The first-order valence-electron chi connectivity index (χ1n) is 6.79. The fourth-order valence-corrected chi connectivity index (χ4v) is 2.13. The van der Waals surface area contributed by atoms with Crippen LogP contribution in [0.1, 0.15) is 32.8 Å². The van der Waals surface area contributed by atoms with Crippen molar-refractivity contribution in [1.29, 1.82) is 0 Å². The second-order valence-corrected chi connectivity index (χ2v) is 5.60. The maximum atomic E-state index is 12.1. The molecule has 19 heavy (non-hydrogen) atoms. The minimum Gasteiger partial charge on any atom is -0.351 e. The Morgan fingerprint density at radius 3 is 2.53 bits per heavy atom. The van der Waals surface area contributed by atoms with Gasteiger partial charge in [0.05, 0.1) is 6.42 Å². The Labute approximate surface area is 114 Å². The summed E-state index contributed by atoms with van der Waals surface area (Å²) in [5.41, 5.74) is 0.948. The van der Waals surface area contributed by atoms with Gasteiger partial charge in [-0.2, -0.15) is 0 Å². The van der Waals surface area contributed by atoms with Crippen LogP contribution in [0, 0.1) is 0 Å². The standard InChI is InChI=1S/C17H21NO/c1-4-17(2,3)18-16(19)12-14-10-7-9-13-8-5-6-11-15(13)14/h5-11H,4,12H2,1-3H3,(H,18,19). The molecule has 0 bridgehead atoms. The maximum Gasteiger partial charge on any atom is 0.224 e. The average molecular weight is 255 g/mol. The van der Waals surface area contributed by atoms with Crippen LogP contribution in [0.3, 0.4) is 0 Å². The number of rotatable bonds is 4. The van der Waals surface area contributed by atoms with Crippen molar-refractivity contribution in [3.8, 4) is 0 Å². The van der Waals surface area contributed by atoms with Crippen LogP contribution < -0.4 is 5.32 Å². The van der Waals surface area contributed by atoms with Gasteiger partial charge in [-0.1, -0.05) is 49.4 Å². The topological polar surface area (TPSA) is 29.1 Å². The van der Waals surface area contributed by atoms with Gasteiger partial charge in [-0.25, -0.2) is 0 Å². The van der Waals surface area contributed by atoms with Gasteiger partial charge in [0.15, 0.2) is 0 Å². The van der Waals surface area contributed by atoms with Crippen molar-refractivity contribution in [3.63, 3.8) is 0 Å². The summed E-state index contributed by atoms with van der Waals surface area (Å²) in [5.74, 6) is 0.0863. The molecule has 0 saturated heterocycles. The Bertz CT molecular complexity index is 581. The third kappa shape index (κ3) is 3.34. The summed E-state index contributed by atoms with van der Waals surface area (Å²) in [6.45, 7) is 6.18. The summed E-state index contributed by atoms with van der Waals surface area (Å²) in [4.78, 5) is 12.1. The molecule has 0 aromatic heterocycles. The van der Waals surface area contributed by atoms with E-state index in [1.54, 1.807) is 0 Å². The lowest BCUT2D eigenvalue weighted by Crippen LogP contribution is -2.43. The minimum atomic E-state index is -0.137. The normalized spacial score (nSPS) is 11.5. The Balaban J connectivity index is 2.20. The van der Waals surface area contributed by atoms with E-state index in [4.69, 9.17) is 0 Å². The fourth-order valence-electron chi connectivity index (χ4n) is 2.13. The second kappa shape index (κ2) is 5.43. The van der Waals surface area contributed by atoms with Gasteiger partial charge in [-0.3, -0.25) is 4.79 Å². The molecule has 0 fully saturated rings. The van der Waals surface area contributed by atoms with Crippen LogP contribution in [-0.4, -0.2) is 11.4 Å². The average Bonchev–Trinajstić information content (AvgIpc) is 2.38. The van der Waals surface area contributed by atoms with Crippen LogP contribution in [0.2, 0.25) is 0 Å². The molecule has 1 amide bonds. The Morgan fingerprint density at radius 2 is 1.79 bits per heavy atom. The molecular weight excluding hydrogens is 234 g/mol. The van der Waals surface area contributed by atoms with Crippen LogP contribution in [0.4, 0.5) is 0 Å². The number of carbonyl (C=O) groups is 1. The van der Waals surface area contributed by atoms with E-state index < -0.39 is 0 Å². The molecule has 1 N–H and O–H groups in total. The third-order valence-electron chi connectivity index (χ3n) is 3.59. The molecule has 0 radical (unpaired) electrons. The monoisotopic (exact) mass is 255 g/mol. The lowest BCUT2D eigenvalue weighted by atomic mass is 9.99. The van der Waals surface area contributed by atoms with Crippen molar-refractivity contribution in [3.05, 3.63) is 48.0 Å². The number of nitrogens with one attached hydrogen (secondary N) is 1. The highest BCUT2D eigenvalue weighted by Crippen LogP contribution is 2.19. The molecule has 2 rings (SSSR count). The molecule has 2 aromatic rings. The van der Waals surface area contributed by atoms with Crippen molar-refractivity contribution in [2.75, 3.05) is 0 Å². The van der Waals surface area contributed by atoms with Crippen LogP contribution in [0.25, 0.3) is 10.8 Å². The van der Waals surface area contributed by atoms with Crippen molar-refractivity contribution in [1.82, 2.24) is 5.32 Å². The second-order valence-electron chi connectivity index (χ2n) is 5.60. The van der Waals surface area contributed by atoms with Gasteiger partial charge in [0, 0.05) is 5.54 Å². The van der Waals surface area contributed by atoms with E-state index in [9.17, 15) is 4.79 Å². The van der Waals surface area contributed by atoms with E-state index in [0.29, 0.717) is 6.42 Å². The molecule has 100 valence electrons. The van der Waals surface area contributed by atoms with Gasteiger partial charge in [-0.05, 0) is 36.6 Å². The number of benzene rings is 2. The van der Waals surface area contributed by atoms with Crippen LogP contribution >= 0.6 is 0 Å². The summed E-state index contributed by atoms with van der Waals surface area (Å²) >= 11 is 0. The number of amides is 1. The van der Waals surface area contributed by atoms with Gasteiger partial charge in [0.25, 0.3) is 0 Å². The zero-order chi connectivity index (χ0) is 13.9. The Hall–Kier alpha value is -1.83. The first kappa shape index (κ1) is 13.6. The highest BCUT2D eigenvalue weighted by Gasteiger charge is 2.18. The zero-order valence-electron chi connectivity index (χ0n) is 11.9. The smallest absolute Gasteiger partial charge is 0.224 e. The highest BCUT2D eigenvalue weighted by atomic mass is 16.1. The van der Waals surface area contributed by atoms with Gasteiger partial charge in [0.2, 0.25) is 5.91 Å². The molecule has 0 saturated carbocycles. The van der Waals surface area contributed by atoms with E-state index in [1.807, 2.05) is 38.1 Å². The van der Waals surface area contributed by atoms with Gasteiger partial charge in [0.1, 0.15) is 0 Å². The van der Waals surface area contributed by atoms with Crippen molar-refractivity contribution in [2.45, 2.75) is 39.2 Å². The highest BCUT2D eigenvalue weighted by molar-refractivity contribution is 5.90. The first-order valence-corrected chi connectivity index (χ1v) is 6.79. The molecular formula is C17H21NO. The molecule has 0 aliphatic heterocycles.